The van der Waals surface area contributed by atoms with Crippen molar-refractivity contribution in [3.63, 3.8) is 0 Å². The fourth-order valence-electron chi connectivity index (χ4n) is 2.12. The molecule has 0 saturated carbocycles. The van der Waals surface area contributed by atoms with Gasteiger partial charge in [0, 0.05) is 5.57 Å². The third-order valence-corrected chi connectivity index (χ3v) is 3.28. The summed E-state index contributed by atoms with van der Waals surface area (Å²) in [5.74, 6) is -1.69. The molecule has 0 fully saturated rings. The maximum atomic E-state index is 12.5. The molecule has 132 valence electrons. The highest BCUT2D eigenvalue weighted by Gasteiger charge is 2.30. The van der Waals surface area contributed by atoms with Crippen LogP contribution in [0, 0.1) is 5.92 Å². The lowest BCUT2D eigenvalue weighted by molar-refractivity contribution is -0.137. The second kappa shape index (κ2) is 7.99. The fraction of sp³-hybridized carbons (Fsp3) is 0.412. The monoisotopic (exact) mass is 343 g/mol. The molecule has 0 spiro atoms. The maximum Gasteiger partial charge on any atom is 0.416 e. The number of carboxylic acid groups (broad SMARTS) is 1. The van der Waals surface area contributed by atoms with Gasteiger partial charge in [0.05, 0.1) is 18.0 Å². The van der Waals surface area contributed by atoms with E-state index in [2.05, 4.69) is 5.32 Å². The van der Waals surface area contributed by atoms with E-state index < -0.39 is 29.7 Å². The van der Waals surface area contributed by atoms with Crippen molar-refractivity contribution < 1.29 is 27.9 Å². The van der Waals surface area contributed by atoms with Crippen LogP contribution in [0.1, 0.15) is 44.4 Å². The quantitative estimate of drug-likeness (QED) is 0.769. The normalized spacial score (nSPS) is 13.7. The molecule has 0 saturated heterocycles. The molecule has 0 heterocycles. The zero-order valence-corrected chi connectivity index (χ0v) is 13.6. The third-order valence-electron chi connectivity index (χ3n) is 3.28. The largest absolute Gasteiger partial charge is 0.478 e. The summed E-state index contributed by atoms with van der Waals surface area (Å²) in [6, 6.07) is 3.93. The van der Waals surface area contributed by atoms with Crippen LogP contribution in [-0.4, -0.2) is 17.0 Å². The third kappa shape index (κ3) is 6.06. The molecule has 1 unspecified atom stereocenters. The smallest absolute Gasteiger partial charge is 0.416 e. The summed E-state index contributed by atoms with van der Waals surface area (Å²) in [6.07, 6.45) is -3.22. The summed E-state index contributed by atoms with van der Waals surface area (Å²) in [4.78, 5) is 23.1. The van der Waals surface area contributed by atoms with Crippen LogP contribution in [0.4, 0.5) is 13.2 Å². The van der Waals surface area contributed by atoms with Crippen molar-refractivity contribution in [1.29, 1.82) is 0 Å². The lowest BCUT2D eigenvalue weighted by Gasteiger charge is -2.16. The molecule has 24 heavy (non-hydrogen) atoms. The topological polar surface area (TPSA) is 66.4 Å². The average molecular weight is 343 g/mol. The van der Waals surface area contributed by atoms with E-state index in [1.807, 2.05) is 0 Å². The highest BCUT2D eigenvalue weighted by atomic mass is 19.4. The number of allylic oxidation sites excluding steroid dienone is 1. The number of alkyl halides is 3. The van der Waals surface area contributed by atoms with Gasteiger partial charge in [0.15, 0.2) is 0 Å². The van der Waals surface area contributed by atoms with Crippen LogP contribution in [0.15, 0.2) is 35.9 Å². The van der Waals surface area contributed by atoms with Gasteiger partial charge in [-0.15, -0.1) is 0 Å². The number of amides is 1. The zero-order chi connectivity index (χ0) is 18.5. The van der Waals surface area contributed by atoms with Crippen molar-refractivity contribution in [2.24, 2.45) is 5.92 Å². The zero-order valence-electron chi connectivity index (χ0n) is 13.6. The fourth-order valence-corrected chi connectivity index (χ4v) is 2.12. The first-order chi connectivity index (χ1) is 11.0. The lowest BCUT2D eigenvalue weighted by Crippen LogP contribution is -2.27. The highest BCUT2D eigenvalue weighted by Crippen LogP contribution is 2.29. The van der Waals surface area contributed by atoms with E-state index in [1.54, 1.807) is 20.8 Å². The van der Waals surface area contributed by atoms with Gasteiger partial charge in [0.25, 0.3) is 0 Å². The van der Waals surface area contributed by atoms with Crippen molar-refractivity contribution in [3.05, 3.63) is 47.0 Å². The SMILES string of the molecule is CC(C)/C=C(\CC(=O)NC(C)c1ccc(C(F)(F)F)cc1)C(=O)O. The molecule has 1 atom stereocenters. The Morgan fingerprint density at radius 2 is 1.71 bits per heavy atom. The van der Waals surface area contributed by atoms with Gasteiger partial charge in [-0.2, -0.15) is 13.2 Å². The van der Waals surface area contributed by atoms with Gasteiger partial charge in [-0.25, -0.2) is 4.79 Å². The molecule has 7 heteroatoms. The number of hydrogen-bond donors (Lipinski definition) is 2. The maximum absolute atomic E-state index is 12.5. The van der Waals surface area contributed by atoms with Crippen LogP contribution in [0.3, 0.4) is 0 Å². The number of carbonyl (C=O) groups excluding carboxylic acids is 1. The molecule has 0 bridgehead atoms. The minimum atomic E-state index is -4.41. The minimum Gasteiger partial charge on any atom is -0.478 e. The van der Waals surface area contributed by atoms with Crippen LogP contribution in [-0.2, 0) is 15.8 Å². The van der Waals surface area contributed by atoms with Gasteiger partial charge in [-0.3, -0.25) is 4.79 Å². The van der Waals surface area contributed by atoms with E-state index in [4.69, 9.17) is 5.11 Å². The van der Waals surface area contributed by atoms with Crippen molar-refractivity contribution in [2.75, 3.05) is 0 Å². The Morgan fingerprint density at radius 1 is 1.17 bits per heavy atom. The van der Waals surface area contributed by atoms with Crippen LogP contribution in [0.2, 0.25) is 0 Å². The minimum absolute atomic E-state index is 0.0119. The van der Waals surface area contributed by atoms with Gasteiger partial charge < -0.3 is 10.4 Å². The van der Waals surface area contributed by atoms with Crippen LogP contribution < -0.4 is 5.32 Å². The number of carbonyl (C=O) groups is 2. The molecule has 1 amide bonds. The van der Waals surface area contributed by atoms with Crippen LogP contribution in [0.25, 0.3) is 0 Å². The molecule has 1 aromatic rings. The molecule has 0 aliphatic heterocycles. The number of benzene rings is 1. The summed E-state index contributed by atoms with van der Waals surface area (Å²) >= 11 is 0. The first-order valence-electron chi connectivity index (χ1n) is 7.41. The molecule has 4 nitrogen and oxygen atoms in total. The standard InChI is InChI=1S/C17H20F3NO3/c1-10(2)8-13(16(23)24)9-15(22)21-11(3)12-4-6-14(7-5-12)17(18,19)20/h4-8,10-11H,9H2,1-3H3,(H,21,22)(H,23,24)/b13-8+. The van der Waals surface area contributed by atoms with Crippen molar-refractivity contribution >= 4 is 11.9 Å². The molecular weight excluding hydrogens is 323 g/mol. The molecule has 0 aromatic heterocycles. The summed E-state index contributed by atoms with van der Waals surface area (Å²) in [5.41, 5.74) is -0.277. The highest BCUT2D eigenvalue weighted by molar-refractivity contribution is 5.94. The predicted octanol–water partition coefficient (Wildman–Crippen LogP) is 3.94. The van der Waals surface area contributed by atoms with Gasteiger partial charge in [-0.1, -0.05) is 32.1 Å². The molecular formula is C17H20F3NO3. The average Bonchev–Trinajstić information content (AvgIpc) is 2.45. The van der Waals surface area contributed by atoms with Gasteiger partial charge in [0.1, 0.15) is 0 Å². The summed E-state index contributed by atoms with van der Waals surface area (Å²) < 4.78 is 37.6. The van der Waals surface area contributed by atoms with Crippen molar-refractivity contribution in [2.45, 2.75) is 39.4 Å². The van der Waals surface area contributed by atoms with Gasteiger partial charge in [0.2, 0.25) is 5.91 Å². The van der Waals surface area contributed by atoms with E-state index in [0.717, 1.165) is 12.1 Å². The van der Waals surface area contributed by atoms with E-state index in [-0.39, 0.29) is 17.9 Å². The second-order valence-corrected chi connectivity index (χ2v) is 5.83. The Balaban J connectivity index is 2.75. The van der Waals surface area contributed by atoms with Gasteiger partial charge >= 0.3 is 12.1 Å². The van der Waals surface area contributed by atoms with Crippen molar-refractivity contribution in [1.82, 2.24) is 5.32 Å². The number of aliphatic carboxylic acids is 1. The Kier molecular flexibility index (Phi) is 6.57. The summed E-state index contributed by atoms with van der Waals surface area (Å²) in [5, 5.41) is 11.7. The van der Waals surface area contributed by atoms with E-state index in [9.17, 15) is 22.8 Å². The molecule has 0 aliphatic rings. The van der Waals surface area contributed by atoms with Crippen LogP contribution in [0.5, 0.6) is 0 Å². The second-order valence-electron chi connectivity index (χ2n) is 5.83. The van der Waals surface area contributed by atoms with E-state index in [1.165, 1.54) is 18.2 Å². The Bertz CT molecular complexity index is 619. The number of carboxylic acids is 1. The summed E-state index contributed by atoms with van der Waals surface area (Å²) in [6.45, 7) is 5.21. The van der Waals surface area contributed by atoms with Gasteiger partial charge in [-0.05, 0) is 30.5 Å². The van der Waals surface area contributed by atoms with E-state index >= 15 is 0 Å². The Hall–Kier alpha value is -2.31. The molecule has 0 aliphatic carbocycles. The summed E-state index contributed by atoms with van der Waals surface area (Å²) in [7, 11) is 0. The molecule has 0 radical (unpaired) electrons. The molecule has 2 N–H and O–H groups in total. The lowest BCUT2D eigenvalue weighted by atomic mass is 10.0. The first-order valence-corrected chi connectivity index (χ1v) is 7.41. The number of hydrogen-bond acceptors (Lipinski definition) is 2. The van der Waals surface area contributed by atoms with E-state index in [0.29, 0.717) is 5.56 Å². The van der Waals surface area contributed by atoms with Crippen molar-refractivity contribution in [3.8, 4) is 0 Å². The van der Waals surface area contributed by atoms with Crippen LogP contribution >= 0.6 is 0 Å². The predicted molar refractivity (Wildman–Crippen MR) is 83.2 cm³/mol. The first kappa shape index (κ1) is 19.7. The Labute approximate surface area is 138 Å². The Morgan fingerprint density at radius 3 is 2.12 bits per heavy atom. The molecule has 1 aromatic carbocycles. The number of halogens is 3. The number of rotatable bonds is 6. The molecule has 1 rings (SSSR count). The number of nitrogens with one attached hydrogen (secondary N) is 1.